The number of aromatic nitrogens is 1. The third-order valence-corrected chi connectivity index (χ3v) is 5.21. The molecule has 4 rings (SSSR count). The Morgan fingerprint density at radius 1 is 1.18 bits per heavy atom. The number of nitrogens with zero attached hydrogens (tertiary/aromatic N) is 1. The molecule has 3 aromatic rings. The zero-order valence-corrected chi connectivity index (χ0v) is 16.0. The summed E-state index contributed by atoms with van der Waals surface area (Å²) < 4.78 is 0. The van der Waals surface area contributed by atoms with E-state index in [2.05, 4.69) is 21.7 Å². The van der Waals surface area contributed by atoms with Crippen LogP contribution in [0.3, 0.4) is 0 Å². The molecule has 7 heteroatoms. The van der Waals surface area contributed by atoms with Crippen molar-refractivity contribution in [2.24, 2.45) is 0 Å². The number of anilines is 1. The molecule has 1 aliphatic heterocycles. The monoisotopic (exact) mass is 396 g/mol. The lowest BCUT2D eigenvalue weighted by molar-refractivity contribution is -0.117. The summed E-state index contributed by atoms with van der Waals surface area (Å²) in [4.78, 5) is 29.4. The minimum Gasteiger partial charge on any atom is -0.361 e. The highest BCUT2D eigenvalue weighted by molar-refractivity contribution is 6.30. The molecule has 1 aromatic heterocycles. The van der Waals surface area contributed by atoms with Crippen molar-refractivity contribution in [1.82, 2.24) is 15.6 Å². The molecule has 3 amide bonds. The smallest absolute Gasteiger partial charge is 0.315 e. The van der Waals surface area contributed by atoms with Gasteiger partial charge in [0, 0.05) is 47.3 Å². The molecule has 2 heterocycles. The van der Waals surface area contributed by atoms with Crippen LogP contribution >= 0.6 is 11.6 Å². The van der Waals surface area contributed by atoms with E-state index < -0.39 is 0 Å². The van der Waals surface area contributed by atoms with Gasteiger partial charge in [0.1, 0.15) is 0 Å². The minimum absolute atomic E-state index is 0.00795. The van der Waals surface area contributed by atoms with Gasteiger partial charge in [-0.1, -0.05) is 29.8 Å². The quantitative estimate of drug-likeness (QED) is 0.617. The van der Waals surface area contributed by atoms with Gasteiger partial charge >= 0.3 is 6.03 Å². The Balaban J connectivity index is 1.27. The number of para-hydroxylation sites is 1. The molecule has 0 aliphatic carbocycles. The van der Waals surface area contributed by atoms with Gasteiger partial charge < -0.3 is 20.5 Å². The average Bonchev–Trinajstić information content (AvgIpc) is 3.26. The van der Waals surface area contributed by atoms with Crippen LogP contribution in [0.1, 0.15) is 12.0 Å². The summed E-state index contributed by atoms with van der Waals surface area (Å²) in [7, 11) is 0. The second kappa shape index (κ2) is 7.94. The summed E-state index contributed by atoms with van der Waals surface area (Å²) in [5, 5.41) is 7.57. The number of halogens is 1. The van der Waals surface area contributed by atoms with Gasteiger partial charge in [0.05, 0.1) is 6.04 Å². The fourth-order valence-corrected chi connectivity index (χ4v) is 3.69. The number of hydrogen-bond acceptors (Lipinski definition) is 2. The van der Waals surface area contributed by atoms with Crippen LogP contribution in [0.15, 0.2) is 54.7 Å². The fraction of sp³-hybridized carbons (Fsp3) is 0.238. The van der Waals surface area contributed by atoms with Crippen LogP contribution in [-0.4, -0.2) is 36.1 Å². The number of amides is 3. The van der Waals surface area contributed by atoms with Gasteiger partial charge in [0.25, 0.3) is 0 Å². The third-order valence-electron chi connectivity index (χ3n) is 4.95. The van der Waals surface area contributed by atoms with Crippen LogP contribution in [0.2, 0.25) is 5.02 Å². The van der Waals surface area contributed by atoms with Crippen LogP contribution in [0.4, 0.5) is 10.5 Å². The Morgan fingerprint density at radius 3 is 2.79 bits per heavy atom. The zero-order valence-electron chi connectivity index (χ0n) is 15.2. The van der Waals surface area contributed by atoms with E-state index in [1.54, 1.807) is 17.0 Å². The second-order valence-electron chi connectivity index (χ2n) is 6.89. The SMILES string of the molecule is O=C(NCCc1c[nH]c2ccccc12)N[C@@H]1CC(=O)N(c2ccc(Cl)cc2)C1. The van der Waals surface area contributed by atoms with Crippen molar-refractivity contribution >= 4 is 40.1 Å². The predicted octanol–water partition coefficient (Wildman–Crippen LogP) is 3.47. The Bertz CT molecular complexity index is 999. The number of fused-ring (bicyclic) bond motifs is 1. The number of aromatic amines is 1. The van der Waals surface area contributed by atoms with E-state index >= 15 is 0 Å². The maximum absolute atomic E-state index is 12.3. The van der Waals surface area contributed by atoms with Crippen LogP contribution < -0.4 is 15.5 Å². The normalized spacial score (nSPS) is 16.5. The Kier molecular flexibility index (Phi) is 5.21. The lowest BCUT2D eigenvalue weighted by atomic mass is 10.1. The van der Waals surface area contributed by atoms with E-state index in [1.807, 2.05) is 36.5 Å². The van der Waals surface area contributed by atoms with E-state index in [-0.39, 0.29) is 18.0 Å². The molecular formula is C21H21ClN4O2. The maximum Gasteiger partial charge on any atom is 0.315 e. The molecule has 0 unspecified atom stereocenters. The minimum atomic E-state index is -0.254. The lowest BCUT2D eigenvalue weighted by Crippen LogP contribution is -2.43. The Hall–Kier alpha value is -2.99. The van der Waals surface area contributed by atoms with Crippen LogP contribution in [0, 0.1) is 0 Å². The van der Waals surface area contributed by atoms with Gasteiger partial charge in [-0.15, -0.1) is 0 Å². The van der Waals surface area contributed by atoms with E-state index in [0.29, 0.717) is 24.5 Å². The van der Waals surface area contributed by atoms with Crippen LogP contribution in [0.25, 0.3) is 10.9 Å². The van der Waals surface area contributed by atoms with E-state index in [1.165, 1.54) is 10.9 Å². The van der Waals surface area contributed by atoms with Crippen LogP contribution in [0.5, 0.6) is 0 Å². The first-order valence-corrected chi connectivity index (χ1v) is 9.63. The van der Waals surface area contributed by atoms with Crippen molar-refractivity contribution in [2.45, 2.75) is 18.9 Å². The second-order valence-corrected chi connectivity index (χ2v) is 7.33. The van der Waals surface area contributed by atoms with Crippen molar-refractivity contribution in [3.8, 4) is 0 Å². The number of H-pyrrole nitrogens is 1. The van der Waals surface area contributed by atoms with Gasteiger partial charge in [-0.25, -0.2) is 4.79 Å². The summed E-state index contributed by atoms with van der Waals surface area (Å²) in [6, 6.07) is 14.7. The molecule has 0 bridgehead atoms. The Morgan fingerprint density at radius 2 is 1.96 bits per heavy atom. The summed E-state index contributed by atoms with van der Waals surface area (Å²) in [5.74, 6) is -0.00795. The Labute approximate surface area is 167 Å². The summed E-state index contributed by atoms with van der Waals surface area (Å²) >= 11 is 5.90. The number of benzene rings is 2. The first-order valence-electron chi connectivity index (χ1n) is 9.25. The molecule has 0 radical (unpaired) electrons. The van der Waals surface area contributed by atoms with E-state index in [4.69, 9.17) is 11.6 Å². The maximum atomic E-state index is 12.3. The molecule has 1 fully saturated rings. The van der Waals surface area contributed by atoms with Crippen molar-refractivity contribution in [3.63, 3.8) is 0 Å². The topological polar surface area (TPSA) is 77.2 Å². The molecular weight excluding hydrogens is 376 g/mol. The first-order chi connectivity index (χ1) is 13.6. The highest BCUT2D eigenvalue weighted by Crippen LogP contribution is 2.23. The van der Waals surface area contributed by atoms with Gasteiger partial charge in [-0.2, -0.15) is 0 Å². The van der Waals surface area contributed by atoms with Crippen molar-refractivity contribution in [3.05, 3.63) is 65.3 Å². The molecule has 6 nitrogen and oxygen atoms in total. The first kappa shape index (κ1) is 18.4. The molecule has 144 valence electrons. The average molecular weight is 397 g/mol. The number of nitrogens with one attached hydrogen (secondary N) is 3. The molecule has 1 atom stereocenters. The molecule has 1 aliphatic rings. The molecule has 3 N–H and O–H groups in total. The largest absolute Gasteiger partial charge is 0.361 e. The highest BCUT2D eigenvalue weighted by atomic mass is 35.5. The van der Waals surface area contributed by atoms with Crippen molar-refractivity contribution in [2.75, 3.05) is 18.0 Å². The zero-order chi connectivity index (χ0) is 19.5. The van der Waals surface area contributed by atoms with Gasteiger partial charge in [-0.3, -0.25) is 4.79 Å². The summed E-state index contributed by atoms with van der Waals surface area (Å²) in [6.07, 6.45) is 3.00. The lowest BCUT2D eigenvalue weighted by Gasteiger charge is -2.17. The van der Waals surface area contributed by atoms with Gasteiger partial charge in [-0.05, 0) is 42.3 Å². The standard InChI is InChI=1S/C21H21ClN4O2/c22-15-5-7-17(8-6-15)26-13-16(11-20(26)27)25-21(28)23-10-9-14-12-24-19-4-2-1-3-18(14)19/h1-8,12,16,24H,9-11,13H2,(H2,23,25,28)/t16-/m1/s1. The summed E-state index contributed by atoms with van der Waals surface area (Å²) in [5.41, 5.74) is 3.05. The molecule has 0 saturated carbocycles. The summed E-state index contributed by atoms with van der Waals surface area (Å²) in [6.45, 7) is 0.978. The van der Waals surface area contributed by atoms with Gasteiger partial charge in [0.2, 0.25) is 5.91 Å². The number of rotatable bonds is 5. The van der Waals surface area contributed by atoms with E-state index in [0.717, 1.165) is 17.6 Å². The molecule has 28 heavy (non-hydrogen) atoms. The molecule has 0 spiro atoms. The van der Waals surface area contributed by atoms with Crippen LogP contribution in [-0.2, 0) is 11.2 Å². The molecule has 1 saturated heterocycles. The predicted molar refractivity (Wildman–Crippen MR) is 111 cm³/mol. The number of carbonyl (C=O) groups is 2. The van der Waals surface area contributed by atoms with Gasteiger partial charge in [0.15, 0.2) is 0 Å². The van der Waals surface area contributed by atoms with Crippen molar-refractivity contribution < 1.29 is 9.59 Å². The number of hydrogen-bond donors (Lipinski definition) is 3. The van der Waals surface area contributed by atoms with E-state index in [9.17, 15) is 9.59 Å². The molecule has 2 aromatic carbocycles. The fourth-order valence-electron chi connectivity index (χ4n) is 3.56. The third kappa shape index (κ3) is 3.97. The highest BCUT2D eigenvalue weighted by Gasteiger charge is 2.31. The number of urea groups is 1. The number of carbonyl (C=O) groups excluding carboxylic acids is 2. The van der Waals surface area contributed by atoms with Crippen molar-refractivity contribution in [1.29, 1.82) is 0 Å².